The number of aromatic nitrogens is 4. The van der Waals surface area contributed by atoms with Crippen molar-refractivity contribution in [3.63, 3.8) is 0 Å². The number of likely N-dealkylation sites (tertiary alicyclic amines) is 1. The number of hydrogen-bond acceptors (Lipinski definition) is 7. The van der Waals surface area contributed by atoms with Crippen LogP contribution < -0.4 is 5.73 Å². The minimum atomic E-state index is 0.488. The van der Waals surface area contributed by atoms with Gasteiger partial charge in [-0.2, -0.15) is 0 Å². The minimum absolute atomic E-state index is 0.488. The van der Waals surface area contributed by atoms with Crippen LogP contribution in [0.15, 0.2) is 49.1 Å². The highest BCUT2D eigenvalue weighted by Crippen LogP contribution is 2.39. The van der Waals surface area contributed by atoms with Crippen LogP contribution >= 0.6 is 11.3 Å². The summed E-state index contributed by atoms with van der Waals surface area (Å²) in [4.78, 5) is 18.1. The van der Waals surface area contributed by atoms with Crippen LogP contribution in [0, 0.1) is 0 Å². The highest BCUT2D eigenvalue weighted by atomic mass is 32.1. The molecule has 2 atom stereocenters. The van der Waals surface area contributed by atoms with Crippen molar-refractivity contribution in [2.45, 2.75) is 57.3 Å². The maximum Gasteiger partial charge on any atom is 0.135 e. The second-order valence-electron chi connectivity index (χ2n) is 9.72. The number of nitrogens with two attached hydrogens (primary N) is 1. The lowest BCUT2D eigenvalue weighted by Crippen LogP contribution is -2.42. The number of fused-ring (bicyclic) bond motifs is 3. The second-order valence-corrected chi connectivity index (χ2v) is 10.8. The monoisotopic (exact) mass is 488 g/mol. The van der Waals surface area contributed by atoms with Gasteiger partial charge in [-0.25, -0.2) is 15.0 Å². The average molecular weight is 489 g/mol. The molecule has 6 rings (SSSR count). The smallest absolute Gasteiger partial charge is 0.135 e. The van der Waals surface area contributed by atoms with Crippen LogP contribution in [-0.4, -0.2) is 56.3 Å². The van der Waals surface area contributed by atoms with Gasteiger partial charge in [0.1, 0.15) is 17.0 Å². The summed E-state index contributed by atoms with van der Waals surface area (Å²) in [6.45, 7) is 4.41. The Morgan fingerprint density at radius 2 is 1.71 bits per heavy atom. The molecule has 7 nitrogen and oxygen atoms in total. The largest absolute Gasteiger partial charge is 0.383 e. The summed E-state index contributed by atoms with van der Waals surface area (Å²) in [7, 11) is 0. The molecule has 182 valence electrons. The molecule has 2 saturated heterocycles. The predicted octanol–water partition coefficient (Wildman–Crippen LogP) is 5.23. The molecule has 8 heteroatoms. The first-order valence-corrected chi connectivity index (χ1v) is 13.5. The standard InChI is InChI=1S/C27H32N6OS/c28-26-22-14-23(35-27(22)30-17-29-26)25-24(19-8-4-3-5-9-19)31-18-33(25)13-7-2-1-6-12-32-15-20-10-11-21(16-32)34-20/h3-5,8-9,14,17-18,20-21H,1-2,6-7,10-13,15-16H2,(H2,28,29,30). The van der Waals surface area contributed by atoms with Gasteiger partial charge in [-0.15, -0.1) is 11.3 Å². The average Bonchev–Trinajstić information content (AvgIpc) is 3.58. The quantitative estimate of drug-likeness (QED) is 0.325. The summed E-state index contributed by atoms with van der Waals surface area (Å²) in [5, 5.41) is 0.913. The lowest BCUT2D eigenvalue weighted by molar-refractivity contribution is -0.0385. The molecule has 1 aromatic carbocycles. The van der Waals surface area contributed by atoms with Crippen molar-refractivity contribution < 1.29 is 4.74 Å². The maximum atomic E-state index is 6.13. The number of ether oxygens (including phenoxy) is 1. The molecule has 2 aliphatic heterocycles. The van der Waals surface area contributed by atoms with Crippen LogP contribution in [-0.2, 0) is 11.3 Å². The molecule has 0 aliphatic carbocycles. The third-order valence-electron chi connectivity index (χ3n) is 7.22. The Hall–Kier alpha value is -2.81. The predicted molar refractivity (Wildman–Crippen MR) is 141 cm³/mol. The van der Waals surface area contributed by atoms with Gasteiger partial charge in [-0.05, 0) is 38.3 Å². The molecule has 2 aliphatic rings. The van der Waals surface area contributed by atoms with Crippen LogP contribution in [0.2, 0.25) is 0 Å². The molecular weight excluding hydrogens is 456 g/mol. The Balaban J connectivity index is 1.13. The van der Waals surface area contributed by atoms with E-state index in [1.54, 1.807) is 11.3 Å². The fourth-order valence-electron chi connectivity index (χ4n) is 5.46. The molecule has 35 heavy (non-hydrogen) atoms. The van der Waals surface area contributed by atoms with Gasteiger partial charge in [0.05, 0.1) is 40.2 Å². The van der Waals surface area contributed by atoms with Crippen LogP contribution in [0.3, 0.4) is 0 Å². The number of hydrogen-bond donors (Lipinski definition) is 1. The lowest BCUT2D eigenvalue weighted by Gasteiger charge is -2.32. The van der Waals surface area contributed by atoms with Gasteiger partial charge in [0, 0.05) is 25.2 Å². The summed E-state index contributed by atoms with van der Waals surface area (Å²) in [6.07, 6.45) is 11.9. The van der Waals surface area contributed by atoms with E-state index in [9.17, 15) is 0 Å². The first kappa shape index (κ1) is 22.6. The van der Waals surface area contributed by atoms with Crippen molar-refractivity contribution in [1.29, 1.82) is 0 Å². The first-order chi connectivity index (χ1) is 17.2. The third kappa shape index (κ3) is 4.83. The van der Waals surface area contributed by atoms with Crippen LogP contribution in [0.1, 0.15) is 38.5 Å². The first-order valence-electron chi connectivity index (χ1n) is 12.7. The fourth-order valence-corrected chi connectivity index (χ4v) is 6.53. The topological polar surface area (TPSA) is 82.1 Å². The van der Waals surface area contributed by atoms with E-state index >= 15 is 0 Å². The van der Waals surface area contributed by atoms with Crippen molar-refractivity contribution in [1.82, 2.24) is 24.4 Å². The number of benzene rings is 1. The van der Waals surface area contributed by atoms with Gasteiger partial charge in [-0.1, -0.05) is 43.2 Å². The number of nitrogens with zero attached hydrogens (tertiary/aromatic N) is 5. The molecule has 2 fully saturated rings. The molecule has 2 bridgehead atoms. The molecule has 0 amide bonds. The molecule has 4 aromatic rings. The Bertz CT molecular complexity index is 1270. The molecule has 3 aromatic heterocycles. The summed E-state index contributed by atoms with van der Waals surface area (Å²) < 4.78 is 8.27. The highest BCUT2D eigenvalue weighted by Gasteiger charge is 2.33. The highest BCUT2D eigenvalue weighted by molar-refractivity contribution is 7.21. The molecule has 0 saturated carbocycles. The van der Waals surface area contributed by atoms with E-state index < -0.39 is 0 Å². The Morgan fingerprint density at radius 1 is 0.943 bits per heavy atom. The molecule has 0 radical (unpaired) electrons. The van der Waals surface area contributed by atoms with Gasteiger partial charge < -0.3 is 15.0 Å². The maximum absolute atomic E-state index is 6.13. The van der Waals surface area contributed by atoms with Gasteiger partial charge in [0.15, 0.2) is 0 Å². The number of rotatable bonds is 9. The van der Waals surface area contributed by atoms with E-state index in [1.165, 1.54) is 45.0 Å². The van der Waals surface area contributed by atoms with Gasteiger partial charge in [-0.3, -0.25) is 4.90 Å². The number of aryl methyl sites for hydroxylation is 1. The Morgan fingerprint density at radius 3 is 2.49 bits per heavy atom. The SMILES string of the molecule is Nc1ncnc2sc(-c3c(-c4ccccc4)ncn3CCCCCCN3CC4CCC(C3)O4)cc12. The van der Waals surface area contributed by atoms with Gasteiger partial charge in [0.2, 0.25) is 0 Å². The minimum Gasteiger partial charge on any atom is -0.383 e. The number of imidazole rings is 1. The fraction of sp³-hybridized carbons (Fsp3) is 0.444. The third-order valence-corrected chi connectivity index (χ3v) is 8.27. The molecule has 5 heterocycles. The molecule has 2 N–H and O–H groups in total. The zero-order valence-electron chi connectivity index (χ0n) is 20.0. The van der Waals surface area contributed by atoms with Crippen LogP contribution in [0.5, 0.6) is 0 Å². The number of thiophene rings is 1. The van der Waals surface area contributed by atoms with E-state index in [0.717, 1.165) is 58.1 Å². The molecule has 2 unspecified atom stereocenters. The molecular formula is C27H32N6OS. The van der Waals surface area contributed by atoms with Gasteiger partial charge >= 0.3 is 0 Å². The summed E-state index contributed by atoms with van der Waals surface area (Å²) in [5.41, 5.74) is 9.40. The van der Waals surface area contributed by atoms with E-state index in [2.05, 4.69) is 49.8 Å². The van der Waals surface area contributed by atoms with E-state index in [0.29, 0.717) is 18.0 Å². The zero-order valence-corrected chi connectivity index (χ0v) is 20.8. The van der Waals surface area contributed by atoms with Crippen molar-refractivity contribution in [2.24, 2.45) is 0 Å². The second kappa shape index (κ2) is 10.0. The lowest BCUT2D eigenvalue weighted by atomic mass is 10.1. The van der Waals surface area contributed by atoms with Crippen molar-refractivity contribution in [3.05, 3.63) is 49.1 Å². The summed E-state index contributed by atoms with van der Waals surface area (Å²) in [6, 6.07) is 12.5. The Kier molecular flexibility index (Phi) is 6.50. The Labute approximate surface area is 210 Å². The zero-order chi connectivity index (χ0) is 23.6. The van der Waals surface area contributed by atoms with Crippen LogP contribution in [0.25, 0.3) is 32.0 Å². The van der Waals surface area contributed by atoms with E-state index in [-0.39, 0.29) is 0 Å². The number of unbranched alkanes of at least 4 members (excludes halogenated alkanes) is 3. The van der Waals surface area contributed by atoms with Crippen molar-refractivity contribution in [3.8, 4) is 21.8 Å². The van der Waals surface area contributed by atoms with Gasteiger partial charge in [0.25, 0.3) is 0 Å². The number of morpholine rings is 1. The summed E-state index contributed by atoms with van der Waals surface area (Å²) in [5.74, 6) is 0.526. The normalized spacial score (nSPS) is 20.1. The van der Waals surface area contributed by atoms with Crippen LogP contribution in [0.4, 0.5) is 5.82 Å². The van der Waals surface area contributed by atoms with E-state index in [1.807, 2.05) is 12.4 Å². The van der Waals surface area contributed by atoms with Crippen molar-refractivity contribution in [2.75, 3.05) is 25.4 Å². The van der Waals surface area contributed by atoms with E-state index in [4.69, 9.17) is 15.5 Å². The molecule has 0 spiro atoms. The summed E-state index contributed by atoms with van der Waals surface area (Å²) >= 11 is 1.65. The number of anilines is 1. The number of nitrogen functional groups attached to an aromatic ring is 1. The van der Waals surface area contributed by atoms with Crippen molar-refractivity contribution >= 4 is 27.4 Å².